The van der Waals surface area contributed by atoms with Gasteiger partial charge >= 0.3 is 0 Å². The quantitative estimate of drug-likeness (QED) is 0.867. The summed E-state index contributed by atoms with van der Waals surface area (Å²) in [7, 11) is 0. The van der Waals surface area contributed by atoms with Gasteiger partial charge in [0.25, 0.3) is 10.8 Å². The predicted octanol–water partition coefficient (Wildman–Crippen LogP) is 3.12. The molecule has 1 aromatic carbocycles. The largest absolute Gasteiger partial charge is 0.276 e. The highest BCUT2D eigenvalue weighted by Crippen LogP contribution is 2.28. The summed E-state index contributed by atoms with van der Waals surface area (Å²) in [6.45, 7) is 0. The molecular formula is C11H5Cl3N2O2. The molecule has 0 saturated carbocycles. The molecule has 2 aromatic rings. The van der Waals surface area contributed by atoms with Gasteiger partial charge in [-0.3, -0.25) is 9.59 Å². The summed E-state index contributed by atoms with van der Waals surface area (Å²) >= 11 is 17.1. The van der Waals surface area contributed by atoms with Crippen LogP contribution in [0.3, 0.4) is 0 Å². The Morgan fingerprint density at radius 1 is 1.22 bits per heavy atom. The molecule has 1 heterocycles. The molecule has 1 aromatic heterocycles. The van der Waals surface area contributed by atoms with Crippen LogP contribution in [0.2, 0.25) is 10.0 Å². The first-order valence-corrected chi connectivity index (χ1v) is 5.87. The summed E-state index contributed by atoms with van der Waals surface area (Å²) in [6, 6.07) is 6.07. The average molecular weight is 304 g/mol. The van der Waals surface area contributed by atoms with Crippen molar-refractivity contribution in [3.8, 4) is 11.3 Å². The molecule has 7 heteroatoms. The Hall–Kier alpha value is -1.36. The second kappa shape index (κ2) is 5.10. The smallest absolute Gasteiger partial charge is 0.275 e. The first-order chi connectivity index (χ1) is 8.49. The van der Waals surface area contributed by atoms with Gasteiger partial charge in [0.2, 0.25) is 0 Å². The van der Waals surface area contributed by atoms with Crippen molar-refractivity contribution in [1.82, 2.24) is 10.2 Å². The van der Waals surface area contributed by atoms with E-state index < -0.39 is 10.8 Å². The van der Waals surface area contributed by atoms with Gasteiger partial charge in [-0.2, -0.15) is 5.10 Å². The minimum absolute atomic E-state index is 0.187. The second-order valence-corrected chi connectivity index (χ2v) is 4.58. The summed E-state index contributed by atoms with van der Waals surface area (Å²) in [4.78, 5) is 22.4. The van der Waals surface area contributed by atoms with Crippen LogP contribution in [0, 0.1) is 0 Å². The van der Waals surface area contributed by atoms with Crippen LogP contribution < -0.4 is 5.56 Å². The minimum Gasteiger partial charge on any atom is -0.275 e. The first-order valence-electron chi connectivity index (χ1n) is 4.74. The molecule has 2 rings (SSSR count). The van der Waals surface area contributed by atoms with E-state index >= 15 is 0 Å². The predicted molar refractivity (Wildman–Crippen MR) is 70.5 cm³/mol. The van der Waals surface area contributed by atoms with E-state index in [0.717, 1.165) is 0 Å². The molecule has 1 N–H and O–H groups in total. The number of benzene rings is 1. The summed E-state index contributed by atoms with van der Waals surface area (Å²) in [5.41, 5.74) is 0.0354. The van der Waals surface area contributed by atoms with Gasteiger partial charge in [0.1, 0.15) is 5.56 Å². The Kier molecular flexibility index (Phi) is 3.71. The first kappa shape index (κ1) is 13.1. The number of hydrogen-bond donors (Lipinski definition) is 1. The summed E-state index contributed by atoms with van der Waals surface area (Å²) < 4.78 is 0. The fourth-order valence-electron chi connectivity index (χ4n) is 1.39. The molecule has 0 atom stereocenters. The van der Waals surface area contributed by atoms with E-state index in [9.17, 15) is 9.59 Å². The van der Waals surface area contributed by atoms with Gasteiger partial charge in [-0.05, 0) is 35.9 Å². The fourth-order valence-corrected chi connectivity index (χ4v) is 2.03. The molecule has 0 fully saturated rings. The van der Waals surface area contributed by atoms with Crippen LogP contribution in [0.4, 0.5) is 0 Å². The number of carbonyl (C=O) groups is 1. The number of rotatable bonds is 2. The van der Waals surface area contributed by atoms with Gasteiger partial charge in [-0.15, -0.1) is 0 Å². The van der Waals surface area contributed by atoms with Crippen molar-refractivity contribution < 1.29 is 4.79 Å². The topological polar surface area (TPSA) is 62.8 Å². The Bertz CT molecular complexity index is 682. The Morgan fingerprint density at radius 3 is 2.56 bits per heavy atom. The summed E-state index contributed by atoms with van der Waals surface area (Å²) in [6.07, 6.45) is 0. The summed E-state index contributed by atoms with van der Waals surface area (Å²) in [5, 5.41) is 5.97. The Balaban J connectivity index is 2.61. The zero-order chi connectivity index (χ0) is 13.3. The number of nitrogens with one attached hydrogen (secondary N) is 1. The highest BCUT2D eigenvalue weighted by Gasteiger charge is 2.12. The average Bonchev–Trinajstić information content (AvgIpc) is 2.30. The van der Waals surface area contributed by atoms with Gasteiger partial charge in [0, 0.05) is 10.6 Å². The number of aromatic amines is 1. The molecule has 0 radical (unpaired) electrons. The molecule has 0 aliphatic rings. The van der Waals surface area contributed by atoms with Gasteiger partial charge in [0.05, 0.1) is 10.7 Å². The number of carbonyl (C=O) groups excluding carboxylic acids is 1. The number of hydrogen-bond acceptors (Lipinski definition) is 3. The van der Waals surface area contributed by atoms with Crippen molar-refractivity contribution in [3.05, 3.63) is 50.2 Å². The molecule has 0 bridgehead atoms. The number of halogens is 3. The molecule has 18 heavy (non-hydrogen) atoms. The highest BCUT2D eigenvalue weighted by molar-refractivity contribution is 6.67. The van der Waals surface area contributed by atoms with Crippen LogP contribution in [0.25, 0.3) is 11.3 Å². The number of H-pyrrole nitrogens is 1. The number of aromatic nitrogens is 2. The maximum atomic E-state index is 11.3. The van der Waals surface area contributed by atoms with E-state index in [1.54, 1.807) is 12.1 Å². The van der Waals surface area contributed by atoms with Gasteiger partial charge in [-0.1, -0.05) is 23.2 Å². The van der Waals surface area contributed by atoms with Gasteiger partial charge in [-0.25, -0.2) is 5.10 Å². The third kappa shape index (κ3) is 2.56. The second-order valence-electron chi connectivity index (χ2n) is 3.39. The molecule has 0 saturated heterocycles. The zero-order valence-electron chi connectivity index (χ0n) is 8.71. The molecule has 0 aliphatic heterocycles. The van der Waals surface area contributed by atoms with E-state index in [1.807, 2.05) is 0 Å². The zero-order valence-corrected chi connectivity index (χ0v) is 11.0. The fraction of sp³-hybridized carbons (Fsp3) is 0. The van der Waals surface area contributed by atoms with Crippen molar-refractivity contribution in [2.75, 3.05) is 0 Å². The van der Waals surface area contributed by atoms with Gasteiger partial charge in [0.15, 0.2) is 0 Å². The Morgan fingerprint density at radius 2 is 1.94 bits per heavy atom. The van der Waals surface area contributed by atoms with E-state index in [1.165, 1.54) is 12.1 Å². The van der Waals surface area contributed by atoms with E-state index in [2.05, 4.69) is 10.2 Å². The molecule has 0 aliphatic carbocycles. The van der Waals surface area contributed by atoms with Crippen LogP contribution in [0.1, 0.15) is 10.4 Å². The Labute approximate surface area is 116 Å². The SMILES string of the molecule is O=C(Cl)c1cc(-c2ccc(Cl)cc2Cl)n[nH]c1=O. The van der Waals surface area contributed by atoms with E-state index in [0.29, 0.717) is 21.3 Å². The lowest BCUT2D eigenvalue weighted by molar-refractivity contribution is 0.108. The molecular weight excluding hydrogens is 298 g/mol. The van der Waals surface area contributed by atoms with Crippen LogP contribution in [0.15, 0.2) is 29.1 Å². The van der Waals surface area contributed by atoms with Crippen molar-refractivity contribution in [1.29, 1.82) is 0 Å². The molecule has 0 unspecified atom stereocenters. The number of nitrogens with zero attached hydrogens (tertiary/aromatic N) is 1. The van der Waals surface area contributed by atoms with Crippen molar-refractivity contribution in [3.63, 3.8) is 0 Å². The van der Waals surface area contributed by atoms with Crippen LogP contribution in [-0.2, 0) is 0 Å². The van der Waals surface area contributed by atoms with Crippen LogP contribution in [0.5, 0.6) is 0 Å². The van der Waals surface area contributed by atoms with Crippen molar-refractivity contribution in [2.24, 2.45) is 0 Å². The third-order valence-corrected chi connectivity index (χ3v) is 2.97. The maximum absolute atomic E-state index is 11.3. The molecule has 0 amide bonds. The van der Waals surface area contributed by atoms with Crippen LogP contribution >= 0.6 is 34.8 Å². The lowest BCUT2D eigenvalue weighted by Gasteiger charge is -2.04. The summed E-state index contributed by atoms with van der Waals surface area (Å²) in [5.74, 6) is 0. The van der Waals surface area contributed by atoms with Crippen LogP contribution in [-0.4, -0.2) is 15.4 Å². The maximum Gasteiger partial charge on any atom is 0.276 e. The van der Waals surface area contributed by atoms with E-state index in [-0.39, 0.29) is 5.56 Å². The lowest BCUT2D eigenvalue weighted by Crippen LogP contribution is -2.16. The van der Waals surface area contributed by atoms with Crippen molar-refractivity contribution in [2.45, 2.75) is 0 Å². The molecule has 0 spiro atoms. The van der Waals surface area contributed by atoms with Gasteiger partial charge < -0.3 is 0 Å². The standard InChI is InChI=1S/C11H5Cl3N2O2/c12-5-1-2-6(8(13)3-5)9-4-7(10(14)17)11(18)16-15-9/h1-4H,(H,16,18). The lowest BCUT2D eigenvalue weighted by atomic mass is 10.1. The van der Waals surface area contributed by atoms with Crippen molar-refractivity contribution >= 4 is 40.0 Å². The van der Waals surface area contributed by atoms with E-state index in [4.69, 9.17) is 34.8 Å². The highest BCUT2D eigenvalue weighted by atomic mass is 35.5. The molecule has 4 nitrogen and oxygen atoms in total. The normalized spacial score (nSPS) is 10.4. The molecule has 92 valence electrons. The third-order valence-electron chi connectivity index (χ3n) is 2.22. The minimum atomic E-state index is -0.856. The monoisotopic (exact) mass is 302 g/mol.